The van der Waals surface area contributed by atoms with E-state index in [-0.39, 0.29) is 17.6 Å². The van der Waals surface area contributed by atoms with Crippen LogP contribution >= 0.6 is 0 Å². The molecule has 2 rings (SSSR count). The van der Waals surface area contributed by atoms with Crippen LogP contribution in [0, 0.1) is 11.3 Å². The van der Waals surface area contributed by atoms with E-state index >= 15 is 0 Å². The van der Waals surface area contributed by atoms with Crippen LogP contribution in [-0.2, 0) is 9.53 Å². The van der Waals surface area contributed by atoms with Gasteiger partial charge in [-0.1, -0.05) is 18.2 Å². The number of carbonyl (C=O) groups excluding carboxylic acids is 1. The van der Waals surface area contributed by atoms with Crippen molar-refractivity contribution in [1.29, 1.82) is 5.26 Å². The van der Waals surface area contributed by atoms with Crippen LogP contribution in [0.25, 0.3) is 6.08 Å². The molecule has 0 bridgehead atoms. The van der Waals surface area contributed by atoms with Gasteiger partial charge >= 0.3 is 0 Å². The van der Waals surface area contributed by atoms with Gasteiger partial charge in [0.2, 0.25) is 0 Å². The molecule has 0 spiro atoms. The third-order valence-corrected chi connectivity index (χ3v) is 3.65. The van der Waals surface area contributed by atoms with Crippen LogP contribution in [0.3, 0.4) is 0 Å². The van der Waals surface area contributed by atoms with Crippen molar-refractivity contribution in [2.45, 2.75) is 26.4 Å². The number of amides is 1. The lowest BCUT2D eigenvalue weighted by molar-refractivity contribution is -0.117. The minimum absolute atomic E-state index is 0.0764. The Bertz CT molecular complexity index is 686. The van der Waals surface area contributed by atoms with Crippen molar-refractivity contribution in [1.82, 2.24) is 5.32 Å². The van der Waals surface area contributed by atoms with Gasteiger partial charge in [0.15, 0.2) is 0 Å². The van der Waals surface area contributed by atoms with Gasteiger partial charge in [0.25, 0.3) is 5.91 Å². The smallest absolute Gasteiger partial charge is 0.261 e. The Morgan fingerprint density at radius 1 is 1.46 bits per heavy atom. The third kappa shape index (κ3) is 4.71. The van der Waals surface area contributed by atoms with Crippen molar-refractivity contribution in [2.75, 3.05) is 19.8 Å². The van der Waals surface area contributed by atoms with Crippen molar-refractivity contribution >= 4 is 12.0 Å². The first kappa shape index (κ1) is 17.8. The number of nitrogens with zero attached hydrogens (tertiary/aromatic N) is 1. The average molecular weight is 326 g/mol. The number of ether oxygens (including phenoxy) is 2. The van der Waals surface area contributed by atoms with Crippen molar-refractivity contribution in [3.8, 4) is 11.8 Å². The van der Waals surface area contributed by atoms with E-state index in [1.165, 1.54) is 0 Å². The molecule has 0 radical (unpaired) electrons. The van der Waals surface area contributed by atoms with Gasteiger partial charge < -0.3 is 14.8 Å². The van der Waals surface area contributed by atoms with Crippen molar-refractivity contribution < 1.29 is 14.3 Å². The molecular formula is C19H22N2O3. The maximum atomic E-state index is 12.1. The van der Waals surface area contributed by atoms with Crippen LogP contribution in [0.15, 0.2) is 41.5 Å². The SMILES string of the molecule is CCOCCCNC(=O)C(C#N)=CC1=Cc2ccccc2OC1C. The lowest BCUT2D eigenvalue weighted by Gasteiger charge is -2.23. The molecule has 1 aromatic carbocycles. The van der Waals surface area contributed by atoms with Crippen molar-refractivity contribution in [3.63, 3.8) is 0 Å². The largest absolute Gasteiger partial charge is 0.485 e. The second-order valence-electron chi connectivity index (χ2n) is 5.42. The van der Waals surface area contributed by atoms with Gasteiger partial charge in [-0.25, -0.2) is 0 Å². The second kappa shape index (κ2) is 8.90. The van der Waals surface area contributed by atoms with E-state index in [2.05, 4.69) is 5.32 Å². The van der Waals surface area contributed by atoms with Crippen LogP contribution in [0.4, 0.5) is 0 Å². The van der Waals surface area contributed by atoms with Crippen molar-refractivity contribution in [3.05, 3.63) is 47.1 Å². The molecule has 1 aromatic rings. The van der Waals surface area contributed by atoms with Crippen LogP contribution in [0.1, 0.15) is 25.8 Å². The van der Waals surface area contributed by atoms with E-state index in [1.807, 2.05) is 50.3 Å². The maximum absolute atomic E-state index is 12.1. The molecule has 126 valence electrons. The fraction of sp³-hybridized carbons (Fsp3) is 0.368. The predicted octanol–water partition coefficient (Wildman–Crippen LogP) is 2.84. The van der Waals surface area contributed by atoms with E-state index in [4.69, 9.17) is 9.47 Å². The molecule has 5 heteroatoms. The molecule has 0 aromatic heterocycles. The fourth-order valence-corrected chi connectivity index (χ4v) is 2.35. The zero-order chi connectivity index (χ0) is 17.4. The lowest BCUT2D eigenvalue weighted by Crippen LogP contribution is -2.27. The number of hydrogen-bond donors (Lipinski definition) is 1. The van der Waals surface area contributed by atoms with E-state index in [0.29, 0.717) is 26.2 Å². The number of benzene rings is 1. The summed E-state index contributed by atoms with van der Waals surface area (Å²) < 4.78 is 11.0. The number of nitrogens with one attached hydrogen (secondary N) is 1. The van der Waals surface area contributed by atoms with Gasteiger partial charge in [0.1, 0.15) is 23.5 Å². The van der Waals surface area contributed by atoms with E-state index < -0.39 is 0 Å². The van der Waals surface area contributed by atoms with Crippen LogP contribution < -0.4 is 10.1 Å². The first-order chi connectivity index (χ1) is 11.7. The molecule has 1 aliphatic heterocycles. The number of rotatable bonds is 7. The summed E-state index contributed by atoms with van der Waals surface area (Å²) in [6.07, 6.45) is 4.05. The Labute approximate surface area is 142 Å². The predicted molar refractivity (Wildman–Crippen MR) is 92.3 cm³/mol. The molecule has 0 fully saturated rings. The number of carbonyl (C=O) groups is 1. The summed E-state index contributed by atoms with van der Waals surface area (Å²) in [7, 11) is 0. The molecule has 0 saturated carbocycles. The second-order valence-corrected chi connectivity index (χ2v) is 5.42. The zero-order valence-electron chi connectivity index (χ0n) is 14.0. The summed E-state index contributed by atoms with van der Waals surface area (Å²) in [6.45, 7) is 5.55. The molecule has 1 N–H and O–H groups in total. The highest BCUT2D eigenvalue weighted by Crippen LogP contribution is 2.30. The van der Waals surface area contributed by atoms with Crippen molar-refractivity contribution in [2.24, 2.45) is 0 Å². The van der Waals surface area contributed by atoms with E-state index in [9.17, 15) is 10.1 Å². The fourth-order valence-electron chi connectivity index (χ4n) is 2.35. The summed E-state index contributed by atoms with van der Waals surface area (Å²) in [5.74, 6) is 0.432. The minimum Gasteiger partial charge on any atom is -0.485 e. The van der Waals surface area contributed by atoms with Crippen LogP contribution in [0.2, 0.25) is 0 Å². The highest BCUT2D eigenvalue weighted by molar-refractivity contribution is 5.98. The molecule has 5 nitrogen and oxygen atoms in total. The van der Waals surface area contributed by atoms with E-state index in [0.717, 1.165) is 16.9 Å². The Morgan fingerprint density at radius 2 is 2.25 bits per heavy atom. The number of hydrogen-bond acceptors (Lipinski definition) is 4. The third-order valence-electron chi connectivity index (χ3n) is 3.65. The first-order valence-electron chi connectivity index (χ1n) is 8.10. The molecular weight excluding hydrogens is 304 g/mol. The Hall–Kier alpha value is -2.58. The summed E-state index contributed by atoms with van der Waals surface area (Å²) in [6, 6.07) is 9.64. The number of nitriles is 1. The van der Waals surface area contributed by atoms with Gasteiger partial charge in [-0.15, -0.1) is 0 Å². The molecule has 1 unspecified atom stereocenters. The molecule has 1 atom stereocenters. The highest BCUT2D eigenvalue weighted by Gasteiger charge is 2.19. The number of para-hydroxylation sites is 1. The van der Waals surface area contributed by atoms with Gasteiger partial charge in [0.05, 0.1) is 0 Å². The van der Waals surface area contributed by atoms with Gasteiger partial charge in [-0.05, 0) is 44.1 Å². The summed E-state index contributed by atoms with van der Waals surface area (Å²) >= 11 is 0. The van der Waals surface area contributed by atoms with Crippen LogP contribution in [-0.4, -0.2) is 31.8 Å². The molecule has 0 aliphatic carbocycles. The quantitative estimate of drug-likeness (QED) is 0.475. The monoisotopic (exact) mass is 326 g/mol. The lowest BCUT2D eigenvalue weighted by atomic mass is 10.0. The summed E-state index contributed by atoms with van der Waals surface area (Å²) in [4.78, 5) is 12.1. The normalized spacial score (nSPS) is 16.5. The summed E-state index contributed by atoms with van der Waals surface area (Å²) in [5, 5.41) is 12.0. The van der Waals surface area contributed by atoms with Crippen LogP contribution in [0.5, 0.6) is 5.75 Å². The van der Waals surface area contributed by atoms with Gasteiger partial charge in [0, 0.05) is 25.3 Å². The maximum Gasteiger partial charge on any atom is 0.261 e. The number of fused-ring (bicyclic) bond motifs is 1. The van der Waals surface area contributed by atoms with Gasteiger partial charge in [-0.2, -0.15) is 5.26 Å². The Kier molecular flexibility index (Phi) is 6.59. The molecule has 1 aliphatic rings. The standard InChI is InChI=1S/C19H22N2O3/c1-3-23-10-6-9-21-19(22)17(13-20)12-16-11-15-7-4-5-8-18(15)24-14(16)2/h4-5,7-8,11-12,14H,3,6,9-10H2,1-2H3,(H,21,22). The van der Waals surface area contributed by atoms with Gasteiger partial charge in [-0.3, -0.25) is 4.79 Å². The minimum atomic E-state index is -0.374. The Morgan fingerprint density at radius 3 is 3.00 bits per heavy atom. The average Bonchev–Trinajstić information content (AvgIpc) is 2.59. The summed E-state index contributed by atoms with van der Waals surface area (Å²) in [5.41, 5.74) is 1.82. The topological polar surface area (TPSA) is 71.3 Å². The molecule has 1 amide bonds. The highest BCUT2D eigenvalue weighted by atomic mass is 16.5. The zero-order valence-corrected chi connectivity index (χ0v) is 14.0. The molecule has 24 heavy (non-hydrogen) atoms. The molecule has 0 saturated heterocycles. The Balaban J connectivity index is 2.06. The molecule has 1 heterocycles. The first-order valence-corrected chi connectivity index (χ1v) is 8.10. The van der Waals surface area contributed by atoms with E-state index in [1.54, 1.807) is 6.08 Å².